The number of guanidine groups is 1. The molecule has 20 heavy (non-hydrogen) atoms. The van der Waals surface area contributed by atoms with Crippen LogP contribution in [0.3, 0.4) is 0 Å². The van der Waals surface area contributed by atoms with Gasteiger partial charge in [0.1, 0.15) is 5.75 Å². The Morgan fingerprint density at radius 2 is 1.95 bits per heavy atom. The molecule has 0 spiro atoms. The Hall–Kier alpha value is -1.71. The maximum Gasteiger partial charge on any atom is 0.193 e. The molecule has 1 N–H and O–H groups in total. The minimum Gasteiger partial charge on any atom is -0.497 e. The molecule has 1 aromatic carbocycles. The van der Waals surface area contributed by atoms with Crippen LogP contribution in [0.1, 0.15) is 25.8 Å². The summed E-state index contributed by atoms with van der Waals surface area (Å²) in [6.07, 6.45) is 1.15. The van der Waals surface area contributed by atoms with Gasteiger partial charge in [-0.3, -0.25) is 4.99 Å². The summed E-state index contributed by atoms with van der Waals surface area (Å²) in [5.74, 6) is 2.52. The molecule has 4 heteroatoms. The van der Waals surface area contributed by atoms with Crippen LogP contribution >= 0.6 is 0 Å². The van der Waals surface area contributed by atoms with E-state index in [1.807, 2.05) is 19.2 Å². The minimum absolute atomic E-state index is 0.701. The van der Waals surface area contributed by atoms with Crippen LogP contribution in [0.25, 0.3) is 0 Å². The molecule has 0 saturated heterocycles. The summed E-state index contributed by atoms with van der Waals surface area (Å²) in [5, 5.41) is 3.39. The van der Waals surface area contributed by atoms with Gasteiger partial charge < -0.3 is 15.0 Å². The molecule has 0 saturated carbocycles. The van der Waals surface area contributed by atoms with E-state index in [9.17, 15) is 0 Å². The van der Waals surface area contributed by atoms with Gasteiger partial charge in [0, 0.05) is 27.2 Å². The molecule has 0 heterocycles. The maximum atomic E-state index is 5.17. The topological polar surface area (TPSA) is 36.9 Å². The van der Waals surface area contributed by atoms with E-state index in [2.05, 4.69) is 48.2 Å². The first-order valence-corrected chi connectivity index (χ1v) is 7.11. The summed E-state index contributed by atoms with van der Waals surface area (Å²) in [6.45, 7) is 6.24. The lowest BCUT2D eigenvalue weighted by molar-refractivity contribution is 0.414. The van der Waals surface area contributed by atoms with E-state index in [1.54, 1.807) is 7.11 Å². The van der Waals surface area contributed by atoms with Crippen molar-refractivity contribution < 1.29 is 4.74 Å². The lowest BCUT2D eigenvalue weighted by Crippen LogP contribution is -2.39. The highest BCUT2D eigenvalue weighted by molar-refractivity contribution is 5.79. The molecule has 0 fully saturated rings. The van der Waals surface area contributed by atoms with E-state index in [0.717, 1.165) is 31.2 Å². The van der Waals surface area contributed by atoms with Gasteiger partial charge in [-0.2, -0.15) is 0 Å². The van der Waals surface area contributed by atoms with Crippen LogP contribution in [-0.4, -0.2) is 38.6 Å². The third-order valence-corrected chi connectivity index (χ3v) is 3.16. The first kappa shape index (κ1) is 16.3. The van der Waals surface area contributed by atoms with Gasteiger partial charge in [-0.1, -0.05) is 26.0 Å². The zero-order chi connectivity index (χ0) is 15.0. The van der Waals surface area contributed by atoms with Crippen molar-refractivity contribution in [3.8, 4) is 5.75 Å². The maximum absolute atomic E-state index is 5.17. The molecule has 0 aliphatic heterocycles. The van der Waals surface area contributed by atoms with Crippen molar-refractivity contribution in [1.29, 1.82) is 0 Å². The number of ether oxygens (including phenoxy) is 1. The Morgan fingerprint density at radius 1 is 1.30 bits per heavy atom. The van der Waals surface area contributed by atoms with Crippen molar-refractivity contribution in [2.24, 2.45) is 10.9 Å². The average molecular weight is 277 g/mol. The zero-order valence-electron chi connectivity index (χ0n) is 13.3. The van der Waals surface area contributed by atoms with Gasteiger partial charge in [0.25, 0.3) is 0 Å². The van der Waals surface area contributed by atoms with Crippen molar-refractivity contribution >= 4 is 5.96 Å². The van der Waals surface area contributed by atoms with Crippen molar-refractivity contribution in [2.45, 2.75) is 26.8 Å². The van der Waals surface area contributed by atoms with Crippen molar-refractivity contribution in [3.63, 3.8) is 0 Å². The van der Waals surface area contributed by atoms with Gasteiger partial charge in [-0.05, 0) is 30.0 Å². The Balaban J connectivity index is 2.51. The highest BCUT2D eigenvalue weighted by atomic mass is 16.5. The van der Waals surface area contributed by atoms with Gasteiger partial charge in [0.15, 0.2) is 5.96 Å². The van der Waals surface area contributed by atoms with Gasteiger partial charge in [-0.15, -0.1) is 0 Å². The van der Waals surface area contributed by atoms with Crippen LogP contribution < -0.4 is 10.1 Å². The Kier molecular flexibility index (Phi) is 6.91. The quantitative estimate of drug-likeness (QED) is 0.641. The minimum atomic E-state index is 0.701. The molecule has 1 rings (SSSR count). The van der Waals surface area contributed by atoms with Gasteiger partial charge in [-0.25, -0.2) is 0 Å². The highest BCUT2D eigenvalue weighted by Crippen LogP contribution is 2.12. The molecular formula is C16H27N3O. The van der Waals surface area contributed by atoms with Crippen molar-refractivity contribution in [1.82, 2.24) is 10.2 Å². The second-order valence-electron chi connectivity index (χ2n) is 5.36. The number of benzene rings is 1. The standard InChI is InChI=1S/C16H27N3O/c1-13(2)10-11-18-16(17-3)19(4)12-14-6-8-15(20-5)9-7-14/h6-9,13H,10-12H2,1-5H3,(H,17,18). The fourth-order valence-electron chi connectivity index (χ4n) is 1.94. The molecule has 0 atom stereocenters. The molecular weight excluding hydrogens is 250 g/mol. The van der Waals surface area contributed by atoms with E-state index in [-0.39, 0.29) is 0 Å². The number of nitrogens with one attached hydrogen (secondary N) is 1. The SMILES string of the molecule is CN=C(NCCC(C)C)N(C)Cc1ccc(OC)cc1. The van der Waals surface area contributed by atoms with Crippen LogP contribution in [0.4, 0.5) is 0 Å². The summed E-state index contributed by atoms with van der Waals surface area (Å²) in [4.78, 5) is 6.45. The molecule has 0 unspecified atom stereocenters. The fourth-order valence-corrected chi connectivity index (χ4v) is 1.94. The molecule has 0 radical (unpaired) electrons. The summed E-state index contributed by atoms with van der Waals surface area (Å²) < 4.78 is 5.17. The van der Waals surface area contributed by atoms with Crippen LogP contribution in [-0.2, 0) is 6.54 Å². The smallest absolute Gasteiger partial charge is 0.193 e. The average Bonchev–Trinajstić information content (AvgIpc) is 2.44. The van der Waals surface area contributed by atoms with E-state index < -0.39 is 0 Å². The second-order valence-corrected chi connectivity index (χ2v) is 5.36. The summed E-state index contributed by atoms with van der Waals surface area (Å²) >= 11 is 0. The lowest BCUT2D eigenvalue weighted by Gasteiger charge is -2.22. The van der Waals surface area contributed by atoms with Crippen LogP contribution in [0.5, 0.6) is 5.75 Å². The largest absolute Gasteiger partial charge is 0.497 e. The number of methoxy groups -OCH3 is 1. The third-order valence-electron chi connectivity index (χ3n) is 3.16. The Morgan fingerprint density at radius 3 is 2.45 bits per heavy atom. The number of hydrogen-bond acceptors (Lipinski definition) is 2. The second kappa shape index (κ2) is 8.46. The summed E-state index contributed by atoms with van der Waals surface area (Å²) in [7, 11) is 5.55. The fraction of sp³-hybridized carbons (Fsp3) is 0.562. The predicted molar refractivity (Wildman–Crippen MR) is 85.3 cm³/mol. The third kappa shape index (κ3) is 5.51. The predicted octanol–water partition coefficient (Wildman–Crippen LogP) is 2.75. The van der Waals surface area contributed by atoms with Crippen molar-refractivity contribution in [3.05, 3.63) is 29.8 Å². The number of aliphatic imine (C=N–C) groups is 1. The molecule has 0 bridgehead atoms. The van der Waals surface area contributed by atoms with Crippen molar-refractivity contribution in [2.75, 3.05) is 27.7 Å². The number of rotatable bonds is 6. The first-order chi connectivity index (χ1) is 9.56. The van der Waals surface area contributed by atoms with E-state index >= 15 is 0 Å². The summed E-state index contributed by atoms with van der Waals surface area (Å²) in [6, 6.07) is 8.13. The van der Waals surface area contributed by atoms with Gasteiger partial charge in [0.05, 0.1) is 7.11 Å². The van der Waals surface area contributed by atoms with E-state index in [1.165, 1.54) is 5.56 Å². The number of nitrogens with zero attached hydrogens (tertiary/aromatic N) is 2. The van der Waals surface area contributed by atoms with Gasteiger partial charge >= 0.3 is 0 Å². The first-order valence-electron chi connectivity index (χ1n) is 7.11. The summed E-state index contributed by atoms with van der Waals surface area (Å²) in [5.41, 5.74) is 1.24. The highest BCUT2D eigenvalue weighted by Gasteiger charge is 2.06. The van der Waals surface area contributed by atoms with E-state index in [0.29, 0.717) is 5.92 Å². The molecule has 4 nitrogen and oxygen atoms in total. The lowest BCUT2D eigenvalue weighted by atomic mass is 10.1. The number of hydrogen-bond donors (Lipinski definition) is 1. The van der Waals surface area contributed by atoms with Crippen LogP contribution in [0.2, 0.25) is 0 Å². The van der Waals surface area contributed by atoms with Gasteiger partial charge in [0.2, 0.25) is 0 Å². The molecule has 0 aliphatic carbocycles. The Bertz CT molecular complexity index is 412. The Labute approximate surface area is 122 Å². The zero-order valence-corrected chi connectivity index (χ0v) is 13.3. The molecule has 0 aliphatic rings. The van der Waals surface area contributed by atoms with E-state index in [4.69, 9.17) is 4.74 Å². The molecule has 1 aromatic rings. The van der Waals surface area contributed by atoms with Crippen LogP contribution in [0, 0.1) is 5.92 Å². The molecule has 112 valence electrons. The normalized spacial score (nSPS) is 11.6. The molecule has 0 aromatic heterocycles. The molecule has 0 amide bonds. The van der Waals surface area contributed by atoms with Crippen LogP contribution in [0.15, 0.2) is 29.3 Å². The monoisotopic (exact) mass is 277 g/mol.